The van der Waals surface area contributed by atoms with E-state index in [1.54, 1.807) is 11.3 Å². The van der Waals surface area contributed by atoms with Crippen LogP contribution in [0.4, 0.5) is 0 Å². The second kappa shape index (κ2) is 7.41. The first-order chi connectivity index (χ1) is 9.66. The van der Waals surface area contributed by atoms with Gasteiger partial charge in [0.05, 0.1) is 6.04 Å². The van der Waals surface area contributed by atoms with E-state index in [2.05, 4.69) is 54.1 Å². The number of hydrogen-bond acceptors (Lipinski definition) is 2. The summed E-state index contributed by atoms with van der Waals surface area (Å²) in [7, 11) is 0. The van der Waals surface area contributed by atoms with Gasteiger partial charge in [0.2, 0.25) is 0 Å². The van der Waals surface area contributed by atoms with Gasteiger partial charge in [-0.15, -0.1) is 11.3 Å². The Morgan fingerprint density at radius 1 is 1.15 bits per heavy atom. The van der Waals surface area contributed by atoms with Crippen LogP contribution in [0.3, 0.4) is 0 Å². The summed E-state index contributed by atoms with van der Waals surface area (Å²) in [5.74, 6) is 0.491. The molecule has 0 radical (unpaired) electrons. The van der Waals surface area contributed by atoms with Crippen molar-refractivity contribution >= 4 is 28.7 Å². The van der Waals surface area contributed by atoms with Crippen molar-refractivity contribution in [3.63, 3.8) is 0 Å². The van der Waals surface area contributed by atoms with Crippen molar-refractivity contribution in [3.05, 3.63) is 58.3 Å². The maximum absolute atomic E-state index is 5.41. The van der Waals surface area contributed by atoms with Gasteiger partial charge in [0.15, 0.2) is 5.11 Å². The highest BCUT2D eigenvalue weighted by atomic mass is 32.1. The van der Waals surface area contributed by atoms with Crippen molar-refractivity contribution in [2.45, 2.75) is 26.4 Å². The lowest BCUT2D eigenvalue weighted by Crippen LogP contribution is -2.38. The molecule has 0 fully saturated rings. The van der Waals surface area contributed by atoms with E-state index in [0.717, 1.165) is 6.54 Å². The monoisotopic (exact) mass is 304 g/mol. The fourth-order valence-corrected chi connectivity index (χ4v) is 3.15. The summed E-state index contributed by atoms with van der Waals surface area (Å²) in [5.41, 5.74) is 1.23. The Kier molecular flexibility index (Phi) is 5.56. The van der Waals surface area contributed by atoms with Gasteiger partial charge >= 0.3 is 0 Å². The second-order valence-electron chi connectivity index (χ2n) is 5.05. The summed E-state index contributed by atoms with van der Waals surface area (Å²) in [6, 6.07) is 14.8. The van der Waals surface area contributed by atoms with E-state index >= 15 is 0 Å². The molecule has 2 rings (SSSR count). The van der Waals surface area contributed by atoms with Crippen molar-refractivity contribution in [2.75, 3.05) is 0 Å². The number of thiophene rings is 1. The molecule has 2 nitrogen and oxygen atoms in total. The van der Waals surface area contributed by atoms with Gasteiger partial charge in [-0.05, 0) is 35.1 Å². The molecule has 20 heavy (non-hydrogen) atoms. The third kappa shape index (κ3) is 4.32. The lowest BCUT2D eigenvalue weighted by molar-refractivity contribution is 0.475. The van der Waals surface area contributed by atoms with E-state index < -0.39 is 0 Å². The second-order valence-corrected chi connectivity index (χ2v) is 6.44. The number of nitrogens with one attached hydrogen (secondary N) is 2. The fraction of sp³-hybridized carbons (Fsp3) is 0.312. The van der Waals surface area contributed by atoms with Crippen molar-refractivity contribution in [1.82, 2.24) is 10.6 Å². The molecule has 1 aromatic heterocycles. The molecule has 1 heterocycles. The molecule has 2 N–H and O–H groups in total. The first-order valence-corrected chi connectivity index (χ1v) is 8.07. The van der Waals surface area contributed by atoms with E-state index in [4.69, 9.17) is 12.2 Å². The van der Waals surface area contributed by atoms with E-state index in [1.165, 1.54) is 10.4 Å². The number of hydrogen-bond donors (Lipinski definition) is 2. The van der Waals surface area contributed by atoms with Crippen LogP contribution in [0.15, 0.2) is 47.8 Å². The minimum Gasteiger partial charge on any atom is -0.359 e. The molecular weight excluding hydrogens is 284 g/mol. The molecule has 0 bridgehead atoms. The Morgan fingerprint density at radius 3 is 2.50 bits per heavy atom. The average molecular weight is 304 g/mol. The zero-order chi connectivity index (χ0) is 14.4. The number of benzene rings is 1. The molecule has 0 aliphatic carbocycles. The van der Waals surface area contributed by atoms with E-state index in [9.17, 15) is 0 Å². The van der Waals surface area contributed by atoms with Gasteiger partial charge in [-0.2, -0.15) is 0 Å². The Morgan fingerprint density at radius 2 is 1.90 bits per heavy atom. The molecule has 4 heteroatoms. The van der Waals surface area contributed by atoms with Crippen LogP contribution < -0.4 is 10.6 Å². The van der Waals surface area contributed by atoms with Crippen molar-refractivity contribution < 1.29 is 0 Å². The summed E-state index contributed by atoms with van der Waals surface area (Å²) in [5, 5.41) is 9.50. The van der Waals surface area contributed by atoms with Gasteiger partial charge < -0.3 is 10.6 Å². The van der Waals surface area contributed by atoms with Crippen LogP contribution in [0.1, 0.15) is 30.3 Å². The SMILES string of the molecule is CC(C)[C@@H](NC(=S)NCc1ccccc1)c1cccs1. The molecule has 106 valence electrons. The van der Waals surface area contributed by atoms with Crippen LogP contribution in [0.5, 0.6) is 0 Å². The first-order valence-electron chi connectivity index (χ1n) is 6.78. The summed E-state index contributed by atoms with van der Waals surface area (Å²) >= 11 is 7.17. The highest BCUT2D eigenvalue weighted by molar-refractivity contribution is 7.80. The number of thiocarbonyl (C=S) groups is 1. The quantitative estimate of drug-likeness (QED) is 0.813. The molecule has 1 aromatic carbocycles. The minimum absolute atomic E-state index is 0.269. The van der Waals surface area contributed by atoms with Gasteiger partial charge in [-0.3, -0.25) is 0 Å². The average Bonchev–Trinajstić information content (AvgIpc) is 2.97. The van der Waals surface area contributed by atoms with Crippen molar-refractivity contribution in [2.24, 2.45) is 5.92 Å². The largest absolute Gasteiger partial charge is 0.359 e. The highest BCUT2D eigenvalue weighted by Crippen LogP contribution is 2.25. The molecular formula is C16H20N2S2. The van der Waals surface area contributed by atoms with E-state index in [1.807, 2.05) is 18.2 Å². The molecule has 1 atom stereocenters. The normalized spacial score (nSPS) is 12.2. The molecule has 0 aliphatic heterocycles. The van der Waals surface area contributed by atoms with Crippen LogP contribution in [0.2, 0.25) is 0 Å². The van der Waals surface area contributed by atoms with Gasteiger partial charge in [-0.25, -0.2) is 0 Å². The van der Waals surface area contributed by atoms with Gasteiger partial charge in [0.1, 0.15) is 0 Å². The zero-order valence-corrected chi connectivity index (χ0v) is 13.4. The lowest BCUT2D eigenvalue weighted by Gasteiger charge is -2.23. The Bertz CT molecular complexity index is 521. The molecule has 0 spiro atoms. The molecule has 0 saturated heterocycles. The Balaban J connectivity index is 1.89. The molecule has 2 aromatic rings. The molecule has 0 unspecified atom stereocenters. The maximum atomic E-state index is 5.41. The van der Waals surface area contributed by atoms with Crippen LogP contribution in [-0.4, -0.2) is 5.11 Å². The Hall–Kier alpha value is -1.39. The van der Waals surface area contributed by atoms with Gasteiger partial charge in [0.25, 0.3) is 0 Å². The Labute approximate surface area is 130 Å². The van der Waals surface area contributed by atoms with Crippen LogP contribution in [-0.2, 0) is 6.54 Å². The topological polar surface area (TPSA) is 24.1 Å². The molecule has 0 aliphatic rings. The predicted molar refractivity (Wildman–Crippen MR) is 90.9 cm³/mol. The third-order valence-electron chi connectivity index (χ3n) is 3.10. The van der Waals surface area contributed by atoms with Crippen molar-refractivity contribution in [3.8, 4) is 0 Å². The number of rotatable bonds is 5. The summed E-state index contributed by atoms with van der Waals surface area (Å²) in [4.78, 5) is 1.32. The summed E-state index contributed by atoms with van der Waals surface area (Å²) < 4.78 is 0. The van der Waals surface area contributed by atoms with E-state index in [0.29, 0.717) is 11.0 Å². The highest BCUT2D eigenvalue weighted by Gasteiger charge is 2.17. The maximum Gasteiger partial charge on any atom is 0.167 e. The van der Waals surface area contributed by atoms with Gasteiger partial charge in [-0.1, -0.05) is 50.2 Å². The summed E-state index contributed by atoms with van der Waals surface area (Å²) in [6.07, 6.45) is 0. The van der Waals surface area contributed by atoms with Crippen molar-refractivity contribution in [1.29, 1.82) is 0 Å². The van der Waals surface area contributed by atoms with Gasteiger partial charge in [0, 0.05) is 11.4 Å². The first kappa shape index (κ1) is 15.0. The minimum atomic E-state index is 0.269. The summed E-state index contributed by atoms with van der Waals surface area (Å²) in [6.45, 7) is 5.16. The fourth-order valence-electron chi connectivity index (χ4n) is 2.01. The molecule has 0 saturated carbocycles. The third-order valence-corrected chi connectivity index (χ3v) is 4.32. The molecule has 0 amide bonds. The van der Waals surface area contributed by atoms with Crippen LogP contribution >= 0.6 is 23.6 Å². The van der Waals surface area contributed by atoms with Crippen LogP contribution in [0, 0.1) is 5.92 Å². The lowest BCUT2D eigenvalue weighted by atomic mass is 10.0. The zero-order valence-electron chi connectivity index (χ0n) is 11.8. The standard InChI is InChI=1S/C16H20N2S2/c1-12(2)15(14-9-6-10-20-14)18-16(19)17-11-13-7-4-3-5-8-13/h3-10,12,15H,11H2,1-2H3,(H2,17,18,19)/t15-/m1/s1. The van der Waals surface area contributed by atoms with E-state index in [-0.39, 0.29) is 6.04 Å². The smallest absolute Gasteiger partial charge is 0.167 e. The predicted octanol–water partition coefficient (Wildman–Crippen LogP) is 4.11. The van der Waals surface area contributed by atoms with Crippen LogP contribution in [0.25, 0.3) is 0 Å².